The van der Waals surface area contributed by atoms with E-state index in [9.17, 15) is 4.79 Å². The standard InChI is InChI=1S/C14H19NO/c1-15-9-5-6-12(11-15)10-14(16)13-7-3-2-4-8-13/h2-4,7-8,12H,5-6,9-11H2,1H3. The van der Waals surface area contributed by atoms with E-state index in [-0.39, 0.29) is 0 Å². The summed E-state index contributed by atoms with van der Waals surface area (Å²) in [5.74, 6) is 0.840. The van der Waals surface area contributed by atoms with Crippen LogP contribution < -0.4 is 0 Å². The third-order valence-corrected chi connectivity index (χ3v) is 3.29. The van der Waals surface area contributed by atoms with Gasteiger partial charge in [0.15, 0.2) is 5.78 Å². The maximum Gasteiger partial charge on any atom is 0.163 e. The van der Waals surface area contributed by atoms with Gasteiger partial charge in [0.1, 0.15) is 0 Å². The fourth-order valence-corrected chi connectivity index (χ4v) is 2.44. The highest BCUT2D eigenvalue weighted by Crippen LogP contribution is 2.20. The number of piperidine rings is 1. The molecule has 1 saturated heterocycles. The summed E-state index contributed by atoms with van der Waals surface area (Å²) >= 11 is 0. The molecule has 0 bridgehead atoms. The second-order valence-electron chi connectivity index (χ2n) is 4.76. The molecule has 0 aliphatic carbocycles. The number of ketones is 1. The van der Waals surface area contributed by atoms with Crippen molar-refractivity contribution in [1.82, 2.24) is 4.90 Å². The molecule has 1 unspecified atom stereocenters. The lowest BCUT2D eigenvalue weighted by Gasteiger charge is -2.29. The van der Waals surface area contributed by atoms with Crippen LogP contribution >= 0.6 is 0 Å². The maximum absolute atomic E-state index is 12.0. The van der Waals surface area contributed by atoms with Gasteiger partial charge in [-0.1, -0.05) is 30.3 Å². The van der Waals surface area contributed by atoms with Crippen LogP contribution in [-0.4, -0.2) is 30.8 Å². The Kier molecular flexibility index (Phi) is 3.73. The zero-order chi connectivity index (χ0) is 11.4. The van der Waals surface area contributed by atoms with Crippen LogP contribution in [0.1, 0.15) is 29.6 Å². The first-order chi connectivity index (χ1) is 7.75. The quantitative estimate of drug-likeness (QED) is 0.725. The molecule has 0 amide bonds. The van der Waals surface area contributed by atoms with Crippen LogP contribution in [0, 0.1) is 5.92 Å². The molecule has 2 rings (SSSR count). The molecule has 0 aromatic heterocycles. The van der Waals surface area contributed by atoms with E-state index in [4.69, 9.17) is 0 Å². The normalized spacial score (nSPS) is 21.9. The number of rotatable bonds is 3. The lowest BCUT2D eigenvalue weighted by atomic mass is 9.91. The highest BCUT2D eigenvalue weighted by molar-refractivity contribution is 5.96. The van der Waals surface area contributed by atoms with Gasteiger partial charge in [0.25, 0.3) is 0 Å². The summed E-state index contributed by atoms with van der Waals surface area (Å²) in [4.78, 5) is 14.3. The van der Waals surface area contributed by atoms with E-state index in [2.05, 4.69) is 11.9 Å². The van der Waals surface area contributed by atoms with Gasteiger partial charge in [0, 0.05) is 18.5 Å². The second kappa shape index (κ2) is 5.26. The lowest BCUT2D eigenvalue weighted by Crippen LogP contribution is -2.33. The van der Waals surface area contributed by atoms with Crippen molar-refractivity contribution in [2.24, 2.45) is 5.92 Å². The SMILES string of the molecule is CN1CCCC(CC(=O)c2ccccc2)C1. The van der Waals surface area contributed by atoms with Crippen molar-refractivity contribution in [3.63, 3.8) is 0 Å². The van der Waals surface area contributed by atoms with Crippen LogP contribution in [0.25, 0.3) is 0 Å². The average molecular weight is 217 g/mol. The van der Waals surface area contributed by atoms with Crippen LogP contribution in [0.5, 0.6) is 0 Å². The number of hydrogen-bond acceptors (Lipinski definition) is 2. The van der Waals surface area contributed by atoms with Crippen LogP contribution in [0.15, 0.2) is 30.3 Å². The number of likely N-dealkylation sites (tertiary alicyclic amines) is 1. The number of Topliss-reactive ketones (excluding diaryl/α,β-unsaturated/α-hetero) is 1. The third kappa shape index (κ3) is 2.92. The van der Waals surface area contributed by atoms with Crippen molar-refractivity contribution in [2.45, 2.75) is 19.3 Å². The number of carbonyl (C=O) groups excluding carboxylic acids is 1. The fraction of sp³-hybridized carbons (Fsp3) is 0.500. The topological polar surface area (TPSA) is 20.3 Å². The molecule has 16 heavy (non-hydrogen) atoms. The molecule has 0 N–H and O–H groups in total. The minimum atomic E-state index is 0.293. The molecule has 2 nitrogen and oxygen atoms in total. The molecule has 86 valence electrons. The van der Waals surface area contributed by atoms with E-state index in [0.29, 0.717) is 18.1 Å². The third-order valence-electron chi connectivity index (χ3n) is 3.29. The number of benzene rings is 1. The largest absolute Gasteiger partial charge is 0.306 e. The molecular formula is C14H19NO. The molecule has 1 aromatic carbocycles. The Morgan fingerprint density at radius 2 is 2.12 bits per heavy atom. The molecular weight excluding hydrogens is 198 g/mol. The van der Waals surface area contributed by atoms with Crippen molar-refractivity contribution in [1.29, 1.82) is 0 Å². The highest BCUT2D eigenvalue weighted by atomic mass is 16.1. The second-order valence-corrected chi connectivity index (χ2v) is 4.76. The summed E-state index contributed by atoms with van der Waals surface area (Å²) < 4.78 is 0. The Morgan fingerprint density at radius 3 is 2.81 bits per heavy atom. The molecule has 0 spiro atoms. The predicted octanol–water partition coefficient (Wildman–Crippen LogP) is 2.60. The monoisotopic (exact) mass is 217 g/mol. The van der Waals surface area contributed by atoms with Gasteiger partial charge < -0.3 is 4.90 Å². The Hall–Kier alpha value is -1.15. The van der Waals surface area contributed by atoms with Crippen molar-refractivity contribution in [3.05, 3.63) is 35.9 Å². The van der Waals surface area contributed by atoms with Crippen LogP contribution in [-0.2, 0) is 0 Å². The molecule has 0 saturated carbocycles. The molecule has 1 aliphatic heterocycles. The lowest BCUT2D eigenvalue weighted by molar-refractivity contribution is 0.0930. The predicted molar refractivity (Wildman–Crippen MR) is 65.6 cm³/mol. The van der Waals surface area contributed by atoms with Crippen molar-refractivity contribution in [2.75, 3.05) is 20.1 Å². The average Bonchev–Trinajstić information content (AvgIpc) is 2.30. The van der Waals surface area contributed by atoms with E-state index in [0.717, 1.165) is 12.1 Å². The van der Waals surface area contributed by atoms with E-state index < -0.39 is 0 Å². The molecule has 0 radical (unpaired) electrons. The molecule has 1 heterocycles. The van der Waals surface area contributed by atoms with E-state index >= 15 is 0 Å². The highest BCUT2D eigenvalue weighted by Gasteiger charge is 2.20. The molecule has 1 fully saturated rings. The maximum atomic E-state index is 12.0. The summed E-state index contributed by atoms with van der Waals surface area (Å²) in [6, 6.07) is 9.63. The van der Waals surface area contributed by atoms with Crippen LogP contribution in [0.3, 0.4) is 0 Å². The van der Waals surface area contributed by atoms with Crippen molar-refractivity contribution in [3.8, 4) is 0 Å². The smallest absolute Gasteiger partial charge is 0.163 e. The number of nitrogens with zero attached hydrogens (tertiary/aromatic N) is 1. The van der Waals surface area contributed by atoms with Gasteiger partial charge in [0.05, 0.1) is 0 Å². The minimum Gasteiger partial charge on any atom is -0.306 e. The summed E-state index contributed by atoms with van der Waals surface area (Å²) in [5.41, 5.74) is 0.857. The summed E-state index contributed by atoms with van der Waals surface area (Å²) in [7, 11) is 2.14. The van der Waals surface area contributed by atoms with E-state index in [1.54, 1.807) is 0 Å². The van der Waals surface area contributed by atoms with E-state index in [1.165, 1.54) is 19.4 Å². The Labute approximate surface area is 97.3 Å². The number of carbonyl (C=O) groups is 1. The number of hydrogen-bond donors (Lipinski definition) is 0. The molecule has 1 aliphatic rings. The van der Waals surface area contributed by atoms with E-state index in [1.807, 2.05) is 30.3 Å². The Morgan fingerprint density at radius 1 is 1.38 bits per heavy atom. The van der Waals surface area contributed by atoms with Crippen LogP contribution in [0.4, 0.5) is 0 Å². The van der Waals surface area contributed by atoms with Gasteiger partial charge >= 0.3 is 0 Å². The van der Waals surface area contributed by atoms with Gasteiger partial charge in [-0.15, -0.1) is 0 Å². The van der Waals surface area contributed by atoms with Gasteiger partial charge in [-0.3, -0.25) is 4.79 Å². The van der Waals surface area contributed by atoms with Gasteiger partial charge in [-0.2, -0.15) is 0 Å². The van der Waals surface area contributed by atoms with Crippen LogP contribution in [0.2, 0.25) is 0 Å². The van der Waals surface area contributed by atoms with Gasteiger partial charge in [0.2, 0.25) is 0 Å². The molecule has 1 atom stereocenters. The zero-order valence-electron chi connectivity index (χ0n) is 9.86. The van der Waals surface area contributed by atoms with Gasteiger partial charge in [-0.25, -0.2) is 0 Å². The molecule has 2 heteroatoms. The first-order valence-corrected chi connectivity index (χ1v) is 6.02. The summed E-state index contributed by atoms with van der Waals surface area (Å²) in [5, 5.41) is 0. The summed E-state index contributed by atoms with van der Waals surface area (Å²) in [6.45, 7) is 2.24. The minimum absolute atomic E-state index is 0.293. The first kappa shape index (κ1) is 11.3. The van der Waals surface area contributed by atoms with Crippen molar-refractivity contribution < 1.29 is 4.79 Å². The fourth-order valence-electron chi connectivity index (χ4n) is 2.44. The Bertz CT molecular complexity index is 347. The van der Waals surface area contributed by atoms with Crippen molar-refractivity contribution >= 4 is 5.78 Å². The first-order valence-electron chi connectivity index (χ1n) is 6.02. The Balaban J connectivity index is 1.92. The molecule has 1 aromatic rings. The summed E-state index contributed by atoms with van der Waals surface area (Å²) in [6.07, 6.45) is 3.13. The zero-order valence-corrected chi connectivity index (χ0v) is 9.86. The van der Waals surface area contributed by atoms with Gasteiger partial charge in [-0.05, 0) is 32.4 Å².